The zero-order valence-electron chi connectivity index (χ0n) is 24.5. The van der Waals surface area contributed by atoms with Crippen molar-refractivity contribution in [1.82, 2.24) is 10.2 Å². The second kappa shape index (κ2) is 18.2. The summed E-state index contributed by atoms with van der Waals surface area (Å²) in [6, 6.07) is 3.90. The first-order valence-corrected chi connectivity index (χ1v) is 14.9. The Hall–Kier alpha value is -3.35. The zero-order valence-corrected chi connectivity index (χ0v) is 24.5. The molecule has 2 aliphatic rings. The van der Waals surface area contributed by atoms with Crippen LogP contribution in [0.15, 0.2) is 18.2 Å². The van der Waals surface area contributed by atoms with Crippen molar-refractivity contribution in [2.75, 3.05) is 58.1 Å². The number of hydrogen-bond donors (Lipinski definition) is 2. The number of fused-ring (bicyclic) bond motifs is 1. The molecule has 1 unspecified atom stereocenters. The lowest BCUT2D eigenvalue weighted by Crippen LogP contribution is -2.54. The number of ether oxygens (including phenoxy) is 4. The van der Waals surface area contributed by atoms with Gasteiger partial charge in [0.15, 0.2) is 0 Å². The highest BCUT2D eigenvalue weighted by atomic mass is 16.6. The fraction of sp³-hybridized carbons (Fsp3) is 0.633. The van der Waals surface area contributed by atoms with Gasteiger partial charge in [0, 0.05) is 25.1 Å². The summed E-state index contributed by atoms with van der Waals surface area (Å²) in [6.45, 7) is 5.00. The van der Waals surface area contributed by atoms with E-state index < -0.39 is 29.7 Å². The largest absolute Gasteiger partial charge is 0.463 e. The maximum absolute atomic E-state index is 13.1. The Morgan fingerprint density at radius 3 is 2.26 bits per heavy atom. The van der Waals surface area contributed by atoms with E-state index in [1.165, 1.54) is 25.7 Å². The number of imide groups is 2. The molecule has 0 spiro atoms. The highest BCUT2D eigenvalue weighted by Crippen LogP contribution is 2.32. The van der Waals surface area contributed by atoms with Crippen LogP contribution in [0, 0.1) is 0 Å². The highest BCUT2D eigenvalue weighted by molar-refractivity contribution is 6.25. The van der Waals surface area contributed by atoms with Crippen LogP contribution in [0.3, 0.4) is 0 Å². The summed E-state index contributed by atoms with van der Waals surface area (Å²) >= 11 is 0. The van der Waals surface area contributed by atoms with Crippen molar-refractivity contribution in [3.63, 3.8) is 0 Å². The zero-order chi connectivity index (χ0) is 30.2. The molecular formula is C30H43N3O9. The topological polar surface area (TPSA) is 150 Å². The first kappa shape index (κ1) is 33.2. The quantitative estimate of drug-likeness (QED) is 0.125. The van der Waals surface area contributed by atoms with Crippen LogP contribution < -0.4 is 10.6 Å². The highest BCUT2D eigenvalue weighted by Gasteiger charge is 2.45. The van der Waals surface area contributed by atoms with Gasteiger partial charge in [-0.2, -0.15) is 0 Å². The lowest BCUT2D eigenvalue weighted by atomic mass is 10.0. The van der Waals surface area contributed by atoms with E-state index in [1.54, 1.807) is 18.2 Å². The number of carbonyl (C=O) groups is 5. The average Bonchev–Trinajstić information content (AvgIpc) is 3.23. The molecule has 2 heterocycles. The number of esters is 1. The van der Waals surface area contributed by atoms with E-state index in [-0.39, 0.29) is 36.5 Å². The van der Waals surface area contributed by atoms with Crippen LogP contribution in [0.25, 0.3) is 0 Å². The van der Waals surface area contributed by atoms with Crippen molar-refractivity contribution in [3.05, 3.63) is 29.3 Å². The van der Waals surface area contributed by atoms with Crippen LogP contribution in [0.2, 0.25) is 0 Å². The third-order valence-corrected chi connectivity index (χ3v) is 7.00. The molecule has 12 nitrogen and oxygen atoms in total. The van der Waals surface area contributed by atoms with Crippen LogP contribution in [0.1, 0.15) is 85.4 Å². The fourth-order valence-corrected chi connectivity index (χ4v) is 4.80. The molecule has 2 aliphatic heterocycles. The van der Waals surface area contributed by atoms with Crippen LogP contribution in [-0.4, -0.2) is 93.3 Å². The smallest absolute Gasteiger partial charge is 0.305 e. The molecule has 1 saturated heterocycles. The summed E-state index contributed by atoms with van der Waals surface area (Å²) in [4.78, 5) is 62.3. The van der Waals surface area contributed by atoms with Crippen molar-refractivity contribution in [3.8, 4) is 0 Å². The van der Waals surface area contributed by atoms with Crippen LogP contribution in [-0.2, 0) is 33.3 Å². The van der Waals surface area contributed by atoms with Gasteiger partial charge in [-0.1, -0.05) is 45.1 Å². The molecule has 42 heavy (non-hydrogen) atoms. The maximum atomic E-state index is 13.1. The summed E-state index contributed by atoms with van der Waals surface area (Å²) in [6.07, 6.45) is 7.42. The molecule has 0 aliphatic carbocycles. The number of benzene rings is 1. The summed E-state index contributed by atoms with van der Waals surface area (Å²) in [5.74, 6) is -2.34. The van der Waals surface area contributed by atoms with E-state index in [1.807, 2.05) is 0 Å². The maximum Gasteiger partial charge on any atom is 0.305 e. The van der Waals surface area contributed by atoms with Gasteiger partial charge in [0.2, 0.25) is 11.8 Å². The van der Waals surface area contributed by atoms with Crippen molar-refractivity contribution in [1.29, 1.82) is 0 Å². The Morgan fingerprint density at radius 1 is 0.881 bits per heavy atom. The predicted octanol–water partition coefficient (Wildman–Crippen LogP) is 2.84. The average molecular weight is 590 g/mol. The fourth-order valence-electron chi connectivity index (χ4n) is 4.80. The molecule has 1 aromatic carbocycles. The summed E-state index contributed by atoms with van der Waals surface area (Å²) < 4.78 is 21.6. The minimum Gasteiger partial charge on any atom is -0.463 e. The van der Waals surface area contributed by atoms with Gasteiger partial charge in [-0.15, -0.1) is 0 Å². The standard InChI is InChI=1S/C30H43N3O9/c1-2-3-4-5-6-7-11-26(35)42-21-20-41-19-18-40-17-16-39-15-14-31-23-10-8-9-22-27(23)30(38)33(29(22)37)24-12-13-25(34)32-28(24)36/h8-10,24,31H,2-7,11-21H2,1H3,(H,32,34,36). The van der Waals surface area contributed by atoms with Crippen molar-refractivity contribution < 1.29 is 42.9 Å². The van der Waals surface area contributed by atoms with Gasteiger partial charge in [0.05, 0.1) is 50.8 Å². The Kier molecular flexibility index (Phi) is 14.4. The van der Waals surface area contributed by atoms with Crippen LogP contribution in [0.5, 0.6) is 0 Å². The van der Waals surface area contributed by atoms with Gasteiger partial charge >= 0.3 is 5.97 Å². The summed E-state index contributed by atoms with van der Waals surface area (Å²) in [5.41, 5.74) is 0.909. The molecule has 4 amide bonds. The van der Waals surface area contributed by atoms with Gasteiger partial charge in [-0.05, 0) is 25.0 Å². The Labute approximate surface area is 246 Å². The van der Waals surface area contributed by atoms with Crippen LogP contribution in [0.4, 0.5) is 5.69 Å². The lowest BCUT2D eigenvalue weighted by molar-refractivity contribution is -0.145. The van der Waals surface area contributed by atoms with Crippen molar-refractivity contribution >= 4 is 35.3 Å². The van der Waals surface area contributed by atoms with Gasteiger partial charge < -0.3 is 24.3 Å². The van der Waals surface area contributed by atoms with Gasteiger partial charge in [0.25, 0.3) is 11.8 Å². The van der Waals surface area contributed by atoms with E-state index >= 15 is 0 Å². The first-order chi connectivity index (χ1) is 20.4. The number of nitrogens with one attached hydrogen (secondary N) is 2. The summed E-state index contributed by atoms with van der Waals surface area (Å²) in [5, 5.41) is 5.31. The molecule has 0 bridgehead atoms. The van der Waals surface area contributed by atoms with Gasteiger partial charge in [-0.3, -0.25) is 34.2 Å². The number of piperidine rings is 1. The minimum atomic E-state index is -1.01. The molecular weight excluding hydrogens is 546 g/mol. The second-order valence-electron chi connectivity index (χ2n) is 10.2. The monoisotopic (exact) mass is 589 g/mol. The molecule has 0 saturated carbocycles. The number of amides is 4. The summed E-state index contributed by atoms with van der Waals surface area (Å²) in [7, 11) is 0. The molecule has 3 rings (SSSR count). The molecule has 1 atom stereocenters. The van der Waals surface area contributed by atoms with Crippen molar-refractivity contribution in [2.24, 2.45) is 0 Å². The van der Waals surface area contributed by atoms with E-state index in [9.17, 15) is 24.0 Å². The Balaban J connectivity index is 1.21. The van der Waals surface area contributed by atoms with E-state index in [0.29, 0.717) is 58.3 Å². The molecule has 0 radical (unpaired) electrons. The predicted molar refractivity (Wildman–Crippen MR) is 153 cm³/mol. The minimum absolute atomic E-state index is 0.0690. The molecule has 1 fully saturated rings. The van der Waals surface area contributed by atoms with Crippen molar-refractivity contribution in [2.45, 2.75) is 70.8 Å². The van der Waals surface area contributed by atoms with E-state index in [4.69, 9.17) is 18.9 Å². The third kappa shape index (κ3) is 10.2. The number of carbonyl (C=O) groups excluding carboxylic acids is 5. The number of nitrogens with zero attached hydrogens (tertiary/aromatic N) is 1. The molecule has 12 heteroatoms. The van der Waals surface area contributed by atoms with Crippen LogP contribution >= 0.6 is 0 Å². The third-order valence-electron chi connectivity index (χ3n) is 7.00. The number of hydrogen-bond acceptors (Lipinski definition) is 10. The number of rotatable bonds is 21. The number of anilines is 1. The van der Waals surface area contributed by atoms with Gasteiger partial charge in [0.1, 0.15) is 12.6 Å². The number of unbranched alkanes of at least 4 members (excludes halogenated alkanes) is 5. The Morgan fingerprint density at radius 2 is 1.55 bits per heavy atom. The van der Waals surface area contributed by atoms with E-state index in [0.717, 1.165) is 17.7 Å². The SMILES string of the molecule is CCCCCCCCC(=O)OCCOCCOCCOCCNc1cccc2c1C(=O)N(C1CCC(=O)NC1=O)C2=O. The second-order valence-corrected chi connectivity index (χ2v) is 10.2. The normalized spacial score (nSPS) is 16.5. The lowest BCUT2D eigenvalue weighted by Gasteiger charge is -2.27. The Bertz CT molecular complexity index is 1080. The van der Waals surface area contributed by atoms with E-state index in [2.05, 4.69) is 17.6 Å². The molecule has 2 N–H and O–H groups in total. The van der Waals surface area contributed by atoms with Gasteiger partial charge in [-0.25, -0.2) is 0 Å². The molecule has 232 valence electrons. The first-order valence-electron chi connectivity index (χ1n) is 14.9. The molecule has 1 aromatic rings. The molecule has 0 aromatic heterocycles.